The van der Waals surface area contributed by atoms with E-state index in [1.54, 1.807) is 7.05 Å². The number of hydrogen-bond acceptors (Lipinski definition) is 6. The molecule has 7 heteroatoms. The normalized spacial score (nSPS) is 27.9. The van der Waals surface area contributed by atoms with Crippen molar-refractivity contribution >= 4 is 23.5 Å². The zero-order valence-corrected chi connectivity index (χ0v) is 11.2. The number of rotatable bonds is 3. The summed E-state index contributed by atoms with van der Waals surface area (Å²) < 4.78 is 0. The molecule has 0 bridgehead atoms. The van der Waals surface area contributed by atoms with Crippen LogP contribution in [0.15, 0.2) is 0 Å². The minimum atomic E-state index is 0.122. The van der Waals surface area contributed by atoms with Gasteiger partial charge in [-0.2, -0.15) is 28.3 Å². The van der Waals surface area contributed by atoms with Gasteiger partial charge in [0.1, 0.15) is 0 Å². The topological polar surface area (TPSA) is 69.6 Å². The summed E-state index contributed by atoms with van der Waals surface area (Å²) in [6.07, 6.45) is 0.719. The van der Waals surface area contributed by atoms with Crippen LogP contribution >= 0.6 is 23.5 Å². The molecule has 0 aromatic carbocycles. The van der Waals surface area contributed by atoms with Crippen LogP contribution in [0, 0.1) is 0 Å². The van der Waals surface area contributed by atoms with Crippen LogP contribution in [0.2, 0.25) is 0 Å². The first-order valence-electron chi connectivity index (χ1n) is 5.38. The summed E-state index contributed by atoms with van der Waals surface area (Å²) in [7, 11) is 1.77. The average molecular weight is 259 g/mol. The van der Waals surface area contributed by atoms with Gasteiger partial charge >= 0.3 is 0 Å². The third-order valence-corrected chi connectivity index (χ3v) is 5.90. The van der Waals surface area contributed by atoms with E-state index in [4.69, 9.17) is 5.73 Å². The van der Waals surface area contributed by atoms with Gasteiger partial charge < -0.3 is 5.73 Å². The summed E-state index contributed by atoms with van der Waals surface area (Å²) in [5.74, 6) is 3.18. The largest absolute Gasteiger partial charge is 0.326 e. The molecule has 0 radical (unpaired) electrons. The predicted octanol–water partition coefficient (Wildman–Crippen LogP) is 0.317. The minimum Gasteiger partial charge on any atom is -0.326 e. The Labute approximate surface area is 104 Å². The molecule has 2 rings (SSSR count). The third-order valence-electron chi connectivity index (χ3n) is 2.63. The first-order valence-corrected chi connectivity index (χ1v) is 7.48. The van der Waals surface area contributed by atoms with E-state index in [9.17, 15) is 0 Å². The molecule has 1 fully saturated rings. The summed E-state index contributed by atoms with van der Waals surface area (Å²) in [5, 5.41) is 13.1. The zero-order valence-electron chi connectivity index (χ0n) is 9.54. The predicted molar refractivity (Wildman–Crippen MR) is 68.6 cm³/mol. The summed E-state index contributed by atoms with van der Waals surface area (Å²) >= 11 is 3.98. The van der Waals surface area contributed by atoms with Crippen molar-refractivity contribution in [3.63, 3.8) is 0 Å². The van der Waals surface area contributed by atoms with Crippen LogP contribution in [-0.4, -0.2) is 48.3 Å². The van der Waals surface area contributed by atoms with Gasteiger partial charge in [0, 0.05) is 34.5 Å². The van der Waals surface area contributed by atoms with Crippen molar-refractivity contribution in [1.29, 1.82) is 0 Å². The van der Waals surface area contributed by atoms with Gasteiger partial charge in [-0.15, -0.1) is 10.2 Å². The Kier molecular flexibility index (Phi) is 4.10. The van der Waals surface area contributed by atoms with Gasteiger partial charge in [0.05, 0.1) is 7.05 Å². The second kappa shape index (κ2) is 5.37. The molecule has 0 spiro atoms. The Morgan fingerprint density at radius 2 is 2.25 bits per heavy atom. The van der Waals surface area contributed by atoms with Crippen LogP contribution in [-0.2, 0) is 13.5 Å². The fourth-order valence-electron chi connectivity index (χ4n) is 1.85. The molecular formula is C9H17N5S2. The Morgan fingerprint density at radius 1 is 1.50 bits per heavy atom. The molecule has 0 saturated carbocycles. The first-order chi connectivity index (χ1) is 7.66. The van der Waals surface area contributed by atoms with Gasteiger partial charge in [-0.25, -0.2) is 0 Å². The molecule has 5 nitrogen and oxygen atoms in total. The SMILES string of the molecule is CC1SCCSC1C(N)Cc1nnn(C)n1. The van der Waals surface area contributed by atoms with Crippen molar-refractivity contribution < 1.29 is 0 Å². The molecule has 16 heavy (non-hydrogen) atoms. The average Bonchev–Trinajstić information content (AvgIpc) is 2.64. The summed E-state index contributed by atoms with van der Waals surface area (Å²) in [5.41, 5.74) is 6.23. The molecule has 1 aliphatic heterocycles. The van der Waals surface area contributed by atoms with E-state index >= 15 is 0 Å². The lowest BCUT2D eigenvalue weighted by Crippen LogP contribution is -2.42. The number of nitrogens with two attached hydrogens (primary N) is 1. The monoisotopic (exact) mass is 259 g/mol. The Balaban J connectivity index is 1.93. The van der Waals surface area contributed by atoms with Crippen LogP contribution in [0.5, 0.6) is 0 Å². The number of tetrazole rings is 1. The molecule has 3 unspecified atom stereocenters. The van der Waals surface area contributed by atoms with E-state index in [2.05, 4.69) is 22.3 Å². The van der Waals surface area contributed by atoms with Gasteiger partial charge in [-0.1, -0.05) is 6.92 Å². The summed E-state index contributed by atoms with van der Waals surface area (Å²) in [6.45, 7) is 2.26. The smallest absolute Gasteiger partial charge is 0.176 e. The van der Waals surface area contributed by atoms with E-state index in [-0.39, 0.29) is 6.04 Å². The Morgan fingerprint density at radius 3 is 2.88 bits per heavy atom. The van der Waals surface area contributed by atoms with Gasteiger partial charge in [0.25, 0.3) is 0 Å². The van der Waals surface area contributed by atoms with Crippen molar-refractivity contribution in [2.75, 3.05) is 11.5 Å². The van der Waals surface area contributed by atoms with Crippen LogP contribution in [0.3, 0.4) is 0 Å². The van der Waals surface area contributed by atoms with Crippen molar-refractivity contribution in [1.82, 2.24) is 20.2 Å². The molecule has 1 aromatic heterocycles. The lowest BCUT2D eigenvalue weighted by atomic mass is 10.1. The highest BCUT2D eigenvalue weighted by molar-refractivity contribution is 8.07. The highest BCUT2D eigenvalue weighted by atomic mass is 32.2. The van der Waals surface area contributed by atoms with Crippen molar-refractivity contribution in [3.8, 4) is 0 Å². The van der Waals surface area contributed by atoms with Crippen LogP contribution in [0.1, 0.15) is 12.7 Å². The fourth-order valence-corrected chi connectivity index (χ4v) is 4.74. The van der Waals surface area contributed by atoms with Gasteiger partial charge in [-0.3, -0.25) is 0 Å². The van der Waals surface area contributed by atoms with Gasteiger partial charge in [0.15, 0.2) is 5.82 Å². The first kappa shape index (κ1) is 12.2. The van der Waals surface area contributed by atoms with Gasteiger partial charge in [0.2, 0.25) is 0 Å². The molecule has 0 aliphatic carbocycles. The molecular weight excluding hydrogens is 242 g/mol. The molecule has 1 aliphatic rings. The molecule has 2 heterocycles. The summed E-state index contributed by atoms with van der Waals surface area (Å²) in [6, 6.07) is 0.122. The van der Waals surface area contributed by atoms with Crippen LogP contribution < -0.4 is 5.73 Å². The van der Waals surface area contributed by atoms with E-state index in [1.807, 2.05) is 23.5 Å². The second-order valence-electron chi connectivity index (χ2n) is 3.97. The Bertz CT molecular complexity index is 342. The lowest BCUT2D eigenvalue weighted by molar-refractivity contribution is 0.596. The van der Waals surface area contributed by atoms with Crippen molar-refractivity contribution in [2.45, 2.75) is 29.9 Å². The summed E-state index contributed by atoms with van der Waals surface area (Å²) in [4.78, 5) is 1.48. The van der Waals surface area contributed by atoms with Gasteiger partial charge in [-0.05, 0) is 5.21 Å². The number of hydrogen-bond donors (Lipinski definition) is 1. The third kappa shape index (κ3) is 2.89. The molecule has 2 N–H and O–H groups in total. The maximum absolute atomic E-state index is 6.23. The number of aromatic nitrogens is 4. The molecule has 1 aromatic rings. The number of nitrogens with zero attached hydrogens (tertiary/aromatic N) is 4. The molecule has 0 amide bonds. The molecule has 90 valence electrons. The second-order valence-corrected chi connectivity index (χ2v) is 6.75. The van der Waals surface area contributed by atoms with Crippen LogP contribution in [0.25, 0.3) is 0 Å². The molecule has 3 atom stereocenters. The highest BCUT2D eigenvalue weighted by Gasteiger charge is 2.28. The number of thioether (sulfide) groups is 2. The Hall–Kier alpha value is -0.270. The highest BCUT2D eigenvalue weighted by Crippen LogP contribution is 2.32. The fraction of sp³-hybridized carbons (Fsp3) is 0.889. The van der Waals surface area contributed by atoms with E-state index in [0.29, 0.717) is 10.5 Å². The quantitative estimate of drug-likeness (QED) is 0.843. The maximum Gasteiger partial charge on any atom is 0.176 e. The molecule has 1 saturated heterocycles. The van der Waals surface area contributed by atoms with E-state index in [1.165, 1.54) is 16.3 Å². The van der Waals surface area contributed by atoms with E-state index < -0.39 is 0 Å². The zero-order chi connectivity index (χ0) is 11.5. The minimum absolute atomic E-state index is 0.122. The number of aryl methyl sites for hydroxylation is 1. The van der Waals surface area contributed by atoms with Crippen molar-refractivity contribution in [3.05, 3.63) is 5.82 Å². The van der Waals surface area contributed by atoms with E-state index in [0.717, 1.165) is 12.2 Å². The van der Waals surface area contributed by atoms with Crippen molar-refractivity contribution in [2.24, 2.45) is 12.8 Å². The van der Waals surface area contributed by atoms with Crippen LogP contribution in [0.4, 0.5) is 0 Å². The standard InChI is InChI=1S/C9H17N5S2/c1-6-9(16-4-3-15-6)7(10)5-8-11-13-14(2)12-8/h6-7,9H,3-5,10H2,1-2H3. The maximum atomic E-state index is 6.23. The lowest BCUT2D eigenvalue weighted by Gasteiger charge is -2.31.